The lowest BCUT2D eigenvalue weighted by Gasteiger charge is -2.23. The molecular weight excluding hydrogens is 380 g/mol. The van der Waals surface area contributed by atoms with Gasteiger partial charge < -0.3 is 15.1 Å². The van der Waals surface area contributed by atoms with Gasteiger partial charge >= 0.3 is 0 Å². The molecule has 1 atom stereocenters. The van der Waals surface area contributed by atoms with Gasteiger partial charge in [-0.15, -0.1) is 0 Å². The maximum absolute atomic E-state index is 5.66. The molecule has 0 saturated heterocycles. The monoisotopic (exact) mass is 400 g/mol. The average Bonchev–Trinajstić information content (AvgIpc) is 3.48. The first-order valence-corrected chi connectivity index (χ1v) is 9.97. The second-order valence-electron chi connectivity index (χ2n) is 7.68. The van der Waals surface area contributed by atoms with Gasteiger partial charge in [0, 0.05) is 35.3 Å². The van der Waals surface area contributed by atoms with Crippen LogP contribution in [0.4, 0.5) is 17.5 Å². The lowest BCUT2D eigenvalue weighted by atomic mass is 9.94. The van der Waals surface area contributed by atoms with Crippen LogP contribution >= 0.6 is 0 Å². The van der Waals surface area contributed by atoms with Crippen LogP contribution in [-0.2, 0) is 12.8 Å². The Hall–Kier alpha value is -3.88. The highest BCUT2D eigenvalue weighted by atomic mass is 16.3. The van der Waals surface area contributed by atoms with E-state index in [2.05, 4.69) is 36.0 Å². The number of aryl methyl sites for hydroxylation is 2. The molecule has 1 aromatic carbocycles. The number of aromatic amines is 2. The molecule has 1 aliphatic rings. The Morgan fingerprint density at radius 3 is 3.10 bits per heavy atom. The van der Waals surface area contributed by atoms with Crippen molar-refractivity contribution in [3.05, 3.63) is 53.7 Å². The van der Waals surface area contributed by atoms with E-state index in [0.29, 0.717) is 17.3 Å². The minimum absolute atomic E-state index is 0.248. The SMILES string of the molecule is Cc1n[nH]c2cc(Nc3nc(NC4CCc5cn[nH]c5C4)c4occc4n3)ccc12. The minimum Gasteiger partial charge on any atom is -0.459 e. The number of H-pyrrole nitrogens is 2. The van der Waals surface area contributed by atoms with Crippen LogP contribution in [-0.4, -0.2) is 36.4 Å². The van der Waals surface area contributed by atoms with Gasteiger partial charge in [-0.25, -0.2) is 4.98 Å². The molecule has 9 heteroatoms. The van der Waals surface area contributed by atoms with Gasteiger partial charge in [0.2, 0.25) is 5.95 Å². The predicted molar refractivity (Wildman–Crippen MR) is 114 cm³/mol. The van der Waals surface area contributed by atoms with Crippen LogP contribution < -0.4 is 10.6 Å². The summed E-state index contributed by atoms with van der Waals surface area (Å²) in [6.07, 6.45) is 6.44. The first-order valence-electron chi connectivity index (χ1n) is 9.97. The summed E-state index contributed by atoms with van der Waals surface area (Å²) in [6.45, 7) is 1.98. The largest absolute Gasteiger partial charge is 0.459 e. The highest BCUT2D eigenvalue weighted by Crippen LogP contribution is 2.28. The average molecular weight is 400 g/mol. The lowest BCUT2D eigenvalue weighted by molar-refractivity contribution is 0.591. The molecule has 0 fully saturated rings. The number of furan rings is 1. The fourth-order valence-corrected chi connectivity index (χ4v) is 4.11. The van der Waals surface area contributed by atoms with Crippen molar-refractivity contribution in [2.24, 2.45) is 0 Å². The molecule has 0 bridgehead atoms. The molecule has 0 spiro atoms. The van der Waals surface area contributed by atoms with Crippen LogP contribution in [0.1, 0.15) is 23.4 Å². The zero-order valence-corrected chi connectivity index (χ0v) is 16.4. The molecule has 6 rings (SSSR count). The van der Waals surface area contributed by atoms with Gasteiger partial charge in [-0.1, -0.05) is 0 Å². The molecule has 0 aliphatic heterocycles. The van der Waals surface area contributed by atoms with Crippen molar-refractivity contribution in [2.75, 3.05) is 10.6 Å². The second-order valence-corrected chi connectivity index (χ2v) is 7.68. The Morgan fingerprint density at radius 1 is 1.17 bits per heavy atom. The molecule has 1 aliphatic carbocycles. The zero-order chi connectivity index (χ0) is 20.1. The van der Waals surface area contributed by atoms with E-state index in [-0.39, 0.29) is 6.04 Å². The summed E-state index contributed by atoms with van der Waals surface area (Å²) in [5.41, 5.74) is 6.74. The van der Waals surface area contributed by atoms with Gasteiger partial charge in [-0.05, 0) is 43.5 Å². The fourth-order valence-electron chi connectivity index (χ4n) is 4.11. The maximum atomic E-state index is 5.66. The van der Waals surface area contributed by atoms with E-state index in [9.17, 15) is 0 Å². The Morgan fingerprint density at radius 2 is 2.13 bits per heavy atom. The number of hydrogen-bond donors (Lipinski definition) is 4. The molecule has 1 unspecified atom stereocenters. The van der Waals surface area contributed by atoms with Gasteiger partial charge in [-0.2, -0.15) is 15.2 Å². The number of anilines is 3. The van der Waals surface area contributed by atoms with Crippen molar-refractivity contribution < 1.29 is 4.42 Å². The molecule has 4 aromatic heterocycles. The summed E-state index contributed by atoms with van der Waals surface area (Å²) in [5.74, 6) is 1.21. The lowest BCUT2D eigenvalue weighted by Crippen LogP contribution is -2.27. The maximum Gasteiger partial charge on any atom is 0.229 e. The molecule has 5 aromatic rings. The van der Waals surface area contributed by atoms with Crippen molar-refractivity contribution in [2.45, 2.75) is 32.2 Å². The van der Waals surface area contributed by atoms with Gasteiger partial charge in [0.15, 0.2) is 11.4 Å². The standard InChI is InChI=1S/C21H20N8O/c1-11-15-5-4-14(9-18(15)29-27-11)24-21-25-16-6-7-30-19(16)20(26-21)23-13-3-2-12-10-22-28-17(12)8-13/h4-7,9-10,13H,2-3,8H2,1H3,(H,22,28)(H,27,29)(H2,23,24,25,26). The molecule has 0 amide bonds. The Balaban J connectivity index is 1.31. The molecular formula is C21H20N8O. The molecule has 9 nitrogen and oxygen atoms in total. The van der Waals surface area contributed by atoms with E-state index in [0.717, 1.165) is 47.1 Å². The Labute approximate surface area is 171 Å². The summed E-state index contributed by atoms with van der Waals surface area (Å²) >= 11 is 0. The summed E-state index contributed by atoms with van der Waals surface area (Å²) in [4.78, 5) is 9.31. The summed E-state index contributed by atoms with van der Waals surface area (Å²) < 4.78 is 5.66. The van der Waals surface area contributed by atoms with Crippen molar-refractivity contribution in [1.29, 1.82) is 0 Å². The van der Waals surface area contributed by atoms with Crippen LogP contribution in [0, 0.1) is 6.92 Å². The van der Waals surface area contributed by atoms with Crippen molar-refractivity contribution in [3.8, 4) is 0 Å². The number of hydrogen-bond acceptors (Lipinski definition) is 7. The fraction of sp³-hybridized carbons (Fsp3) is 0.238. The van der Waals surface area contributed by atoms with Gasteiger partial charge in [-0.3, -0.25) is 10.2 Å². The van der Waals surface area contributed by atoms with Gasteiger partial charge in [0.1, 0.15) is 5.52 Å². The van der Waals surface area contributed by atoms with Gasteiger partial charge in [0.05, 0.1) is 23.7 Å². The number of nitrogens with zero attached hydrogens (tertiary/aromatic N) is 4. The van der Waals surface area contributed by atoms with Crippen LogP contribution in [0.3, 0.4) is 0 Å². The minimum atomic E-state index is 0.248. The first-order chi connectivity index (χ1) is 14.7. The van der Waals surface area contributed by atoms with Crippen LogP contribution in [0.2, 0.25) is 0 Å². The number of benzene rings is 1. The third-order valence-electron chi connectivity index (χ3n) is 5.67. The van der Waals surface area contributed by atoms with Crippen LogP contribution in [0.15, 0.2) is 41.1 Å². The highest BCUT2D eigenvalue weighted by molar-refractivity contribution is 5.87. The van der Waals surface area contributed by atoms with Crippen molar-refractivity contribution >= 4 is 39.5 Å². The molecule has 150 valence electrons. The first kappa shape index (κ1) is 17.0. The van der Waals surface area contributed by atoms with Crippen LogP contribution in [0.25, 0.3) is 22.0 Å². The van der Waals surface area contributed by atoms with Crippen molar-refractivity contribution in [1.82, 2.24) is 30.4 Å². The Bertz CT molecular complexity index is 1360. The summed E-state index contributed by atoms with van der Waals surface area (Å²) in [5, 5.41) is 22.5. The summed E-state index contributed by atoms with van der Waals surface area (Å²) in [6, 6.07) is 8.14. The normalized spacial score (nSPS) is 16.1. The van der Waals surface area contributed by atoms with E-state index in [1.807, 2.05) is 37.4 Å². The quantitative estimate of drug-likeness (QED) is 0.362. The molecule has 4 N–H and O–H groups in total. The molecule has 0 saturated carbocycles. The summed E-state index contributed by atoms with van der Waals surface area (Å²) in [7, 11) is 0. The van der Waals surface area contributed by atoms with E-state index in [1.54, 1.807) is 6.26 Å². The van der Waals surface area contributed by atoms with E-state index >= 15 is 0 Å². The van der Waals surface area contributed by atoms with Gasteiger partial charge in [0.25, 0.3) is 0 Å². The molecule has 30 heavy (non-hydrogen) atoms. The smallest absolute Gasteiger partial charge is 0.229 e. The van der Waals surface area contributed by atoms with E-state index in [1.165, 1.54) is 11.3 Å². The topological polar surface area (TPSA) is 120 Å². The highest BCUT2D eigenvalue weighted by Gasteiger charge is 2.22. The Kier molecular flexibility index (Phi) is 3.73. The van der Waals surface area contributed by atoms with E-state index in [4.69, 9.17) is 9.40 Å². The number of aromatic nitrogens is 6. The number of nitrogens with one attached hydrogen (secondary N) is 4. The zero-order valence-electron chi connectivity index (χ0n) is 16.4. The van der Waals surface area contributed by atoms with Crippen molar-refractivity contribution in [3.63, 3.8) is 0 Å². The number of fused-ring (bicyclic) bond motifs is 3. The third-order valence-corrected chi connectivity index (χ3v) is 5.67. The molecule has 0 radical (unpaired) electrons. The van der Waals surface area contributed by atoms with E-state index < -0.39 is 0 Å². The predicted octanol–water partition coefficient (Wildman–Crippen LogP) is 3.84. The molecule has 4 heterocycles. The third kappa shape index (κ3) is 2.86. The number of rotatable bonds is 4. The second kappa shape index (κ2) is 6.58. The van der Waals surface area contributed by atoms with Crippen LogP contribution in [0.5, 0.6) is 0 Å².